The smallest absolute Gasteiger partial charge is 0.293 e. The fourth-order valence-electron chi connectivity index (χ4n) is 3.54. The van der Waals surface area contributed by atoms with Gasteiger partial charge in [-0.1, -0.05) is 18.2 Å². The Morgan fingerprint density at radius 3 is 2.64 bits per heavy atom. The van der Waals surface area contributed by atoms with Crippen LogP contribution in [0.5, 0.6) is 0 Å². The predicted molar refractivity (Wildman–Crippen MR) is 110 cm³/mol. The summed E-state index contributed by atoms with van der Waals surface area (Å²) in [7, 11) is 1.80. The quantitative estimate of drug-likeness (QED) is 0.481. The number of benzene rings is 2. The second-order valence-electron chi connectivity index (χ2n) is 6.88. The molecule has 0 N–H and O–H groups in total. The first-order chi connectivity index (χ1) is 13.4. The minimum absolute atomic E-state index is 0.0707. The van der Waals surface area contributed by atoms with Crippen molar-refractivity contribution in [2.24, 2.45) is 0 Å². The van der Waals surface area contributed by atoms with Crippen LogP contribution in [0.3, 0.4) is 0 Å². The van der Waals surface area contributed by atoms with Crippen molar-refractivity contribution in [1.82, 2.24) is 14.5 Å². The standard InChI is InChI=1S/C22H20ClN3O2/c1-14-11-17(15(2)26(14)18-7-5-4-6-8-18)13-25(3)21(27)16-9-10-19-20(12-16)28-22(23)24-19/h4-12H,13H2,1-3H3. The number of halogens is 1. The average Bonchev–Trinajstić information content (AvgIpc) is 3.19. The second-order valence-corrected chi connectivity index (χ2v) is 7.20. The number of para-hydroxylation sites is 1. The molecule has 0 saturated heterocycles. The number of hydrogen-bond donors (Lipinski definition) is 0. The predicted octanol–water partition coefficient (Wildman–Crippen LogP) is 5.16. The molecule has 1 amide bonds. The van der Waals surface area contributed by atoms with Crippen molar-refractivity contribution in [3.05, 3.63) is 82.5 Å². The highest BCUT2D eigenvalue weighted by atomic mass is 35.5. The zero-order chi connectivity index (χ0) is 19.8. The molecule has 0 radical (unpaired) electrons. The largest absolute Gasteiger partial charge is 0.428 e. The van der Waals surface area contributed by atoms with Gasteiger partial charge >= 0.3 is 0 Å². The van der Waals surface area contributed by atoms with Gasteiger partial charge in [-0.25, -0.2) is 0 Å². The van der Waals surface area contributed by atoms with Crippen molar-refractivity contribution < 1.29 is 9.21 Å². The van der Waals surface area contributed by atoms with E-state index in [1.807, 2.05) is 18.2 Å². The molecule has 0 saturated carbocycles. The fraction of sp³-hybridized carbons (Fsp3) is 0.182. The molecule has 0 atom stereocenters. The Morgan fingerprint density at radius 2 is 1.89 bits per heavy atom. The van der Waals surface area contributed by atoms with E-state index in [2.05, 4.69) is 41.6 Å². The molecule has 5 nitrogen and oxygen atoms in total. The molecule has 28 heavy (non-hydrogen) atoms. The average molecular weight is 394 g/mol. The number of hydrogen-bond acceptors (Lipinski definition) is 3. The molecule has 2 aromatic carbocycles. The highest BCUT2D eigenvalue weighted by molar-refractivity contribution is 6.28. The normalized spacial score (nSPS) is 11.1. The summed E-state index contributed by atoms with van der Waals surface area (Å²) in [5.74, 6) is -0.0843. The van der Waals surface area contributed by atoms with Crippen LogP contribution in [0.4, 0.5) is 0 Å². The Labute approximate surface area is 168 Å². The lowest BCUT2D eigenvalue weighted by Crippen LogP contribution is -2.26. The molecule has 0 aliphatic heterocycles. The molecule has 0 aliphatic rings. The van der Waals surface area contributed by atoms with Gasteiger partial charge in [-0.3, -0.25) is 4.79 Å². The van der Waals surface area contributed by atoms with Crippen LogP contribution in [0.25, 0.3) is 16.8 Å². The summed E-state index contributed by atoms with van der Waals surface area (Å²) in [5.41, 5.74) is 6.17. The number of amides is 1. The lowest BCUT2D eigenvalue weighted by atomic mass is 10.1. The zero-order valence-corrected chi connectivity index (χ0v) is 16.7. The van der Waals surface area contributed by atoms with Crippen molar-refractivity contribution in [3.63, 3.8) is 0 Å². The minimum Gasteiger partial charge on any atom is -0.428 e. The SMILES string of the molecule is Cc1cc(CN(C)C(=O)c2ccc3nc(Cl)oc3c2)c(C)n1-c1ccccc1. The van der Waals surface area contributed by atoms with Gasteiger partial charge in [0.05, 0.1) is 0 Å². The molecule has 0 aliphatic carbocycles. The number of fused-ring (bicyclic) bond motifs is 1. The Kier molecular flexibility index (Phi) is 4.69. The molecular formula is C22H20ClN3O2. The van der Waals surface area contributed by atoms with Crippen LogP contribution in [0.15, 0.2) is 59.0 Å². The van der Waals surface area contributed by atoms with E-state index in [0.717, 1.165) is 22.6 Å². The number of nitrogens with zero attached hydrogens (tertiary/aromatic N) is 3. The highest BCUT2D eigenvalue weighted by Gasteiger charge is 2.17. The van der Waals surface area contributed by atoms with E-state index in [-0.39, 0.29) is 11.3 Å². The van der Waals surface area contributed by atoms with Crippen LogP contribution in [-0.4, -0.2) is 27.4 Å². The van der Waals surface area contributed by atoms with Gasteiger partial charge in [0.1, 0.15) is 5.52 Å². The second kappa shape index (κ2) is 7.17. The van der Waals surface area contributed by atoms with E-state index in [1.54, 1.807) is 30.1 Å². The molecule has 0 fully saturated rings. The molecule has 2 heterocycles. The van der Waals surface area contributed by atoms with Gasteiger partial charge in [-0.05, 0) is 67.4 Å². The maximum absolute atomic E-state index is 12.9. The maximum atomic E-state index is 12.9. The molecule has 0 unspecified atom stereocenters. The van der Waals surface area contributed by atoms with E-state index in [1.165, 1.54) is 0 Å². The van der Waals surface area contributed by atoms with E-state index >= 15 is 0 Å². The lowest BCUT2D eigenvalue weighted by molar-refractivity contribution is 0.0785. The number of carbonyl (C=O) groups is 1. The number of carbonyl (C=O) groups excluding carboxylic acids is 1. The van der Waals surface area contributed by atoms with Crippen LogP contribution in [-0.2, 0) is 6.54 Å². The number of oxazole rings is 1. The van der Waals surface area contributed by atoms with Crippen molar-refractivity contribution in [2.45, 2.75) is 20.4 Å². The summed E-state index contributed by atoms with van der Waals surface area (Å²) >= 11 is 5.79. The first kappa shape index (κ1) is 18.3. The minimum atomic E-state index is -0.0843. The number of aromatic nitrogens is 2. The molecule has 4 aromatic rings. The molecule has 142 valence electrons. The van der Waals surface area contributed by atoms with E-state index < -0.39 is 0 Å². The van der Waals surface area contributed by atoms with Gasteiger partial charge in [0.15, 0.2) is 5.58 Å². The fourth-order valence-corrected chi connectivity index (χ4v) is 3.72. The third-order valence-electron chi connectivity index (χ3n) is 4.91. The van der Waals surface area contributed by atoms with Crippen molar-refractivity contribution >= 4 is 28.6 Å². The third-order valence-corrected chi connectivity index (χ3v) is 5.08. The summed E-state index contributed by atoms with van der Waals surface area (Å²) in [6.45, 7) is 4.67. The van der Waals surface area contributed by atoms with Crippen LogP contribution in [0, 0.1) is 13.8 Å². The maximum Gasteiger partial charge on any atom is 0.293 e. The lowest BCUT2D eigenvalue weighted by Gasteiger charge is -2.17. The van der Waals surface area contributed by atoms with Crippen molar-refractivity contribution in [3.8, 4) is 5.69 Å². The Hall–Kier alpha value is -3.05. The van der Waals surface area contributed by atoms with Crippen LogP contribution < -0.4 is 0 Å². The summed E-state index contributed by atoms with van der Waals surface area (Å²) < 4.78 is 7.53. The summed E-state index contributed by atoms with van der Waals surface area (Å²) in [5, 5.41) is 0.0707. The van der Waals surface area contributed by atoms with E-state index in [0.29, 0.717) is 23.2 Å². The van der Waals surface area contributed by atoms with Crippen molar-refractivity contribution in [1.29, 1.82) is 0 Å². The Balaban J connectivity index is 1.59. The molecule has 4 rings (SSSR count). The van der Waals surface area contributed by atoms with Crippen molar-refractivity contribution in [2.75, 3.05) is 7.05 Å². The van der Waals surface area contributed by atoms with Gasteiger partial charge < -0.3 is 13.9 Å². The van der Waals surface area contributed by atoms with Gasteiger partial charge in [0.25, 0.3) is 11.3 Å². The molecule has 6 heteroatoms. The van der Waals surface area contributed by atoms with Crippen LogP contribution in [0.2, 0.25) is 5.35 Å². The van der Waals surface area contributed by atoms with E-state index in [4.69, 9.17) is 16.0 Å². The molecular weight excluding hydrogens is 374 g/mol. The summed E-state index contributed by atoms with van der Waals surface area (Å²) in [6.07, 6.45) is 0. The Bertz CT molecular complexity index is 1160. The van der Waals surface area contributed by atoms with Gasteiger partial charge in [0, 0.05) is 36.2 Å². The summed E-state index contributed by atoms with van der Waals surface area (Å²) in [6, 6.07) is 17.5. The van der Waals surface area contributed by atoms with Crippen LogP contribution >= 0.6 is 11.6 Å². The highest BCUT2D eigenvalue weighted by Crippen LogP contribution is 2.24. The van der Waals surface area contributed by atoms with Gasteiger partial charge in [-0.15, -0.1) is 0 Å². The molecule has 0 spiro atoms. The topological polar surface area (TPSA) is 51.3 Å². The Morgan fingerprint density at radius 1 is 1.14 bits per heavy atom. The zero-order valence-electron chi connectivity index (χ0n) is 15.9. The third kappa shape index (κ3) is 3.29. The van der Waals surface area contributed by atoms with Gasteiger partial charge in [0.2, 0.25) is 0 Å². The monoisotopic (exact) mass is 393 g/mol. The first-order valence-electron chi connectivity index (χ1n) is 8.99. The van der Waals surface area contributed by atoms with Crippen LogP contribution in [0.1, 0.15) is 27.3 Å². The van der Waals surface area contributed by atoms with E-state index in [9.17, 15) is 4.79 Å². The first-order valence-corrected chi connectivity index (χ1v) is 9.36. The summed E-state index contributed by atoms with van der Waals surface area (Å²) in [4.78, 5) is 18.7. The number of aryl methyl sites for hydroxylation is 1. The van der Waals surface area contributed by atoms with Gasteiger partial charge in [-0.2, -0.15) is 4.98 Å². The number of rotatable bonds is 4. The molecule has 2 aromatic heterocycles. The molecule has 0 bridgehead atoms.